The molecule has 4 nitrogen and oxygen atoms in total. The van der Waals surface area contributed by atoms with E-state index in [1.54, 1.807) is 0 Å². The molecule has 0 fully saturated rings. The van der Waals surface area contributed by atoms with Gasteiger partial charge in [-0.1, -0.05) is 23.2 Å². The second kappa shape index (κ2) is 3.81. The van der Waals surface area contributed by atoms with Crippen molar-refractivity contribution in [1.29, 1.82) is 0 Å². The molecule has 0 bridgehead atoms. The van der Waals surface area contributed by atoms with Crippen LogP contribution in [-0.4, -0.2) is 23.2 Å². The number of hydrogen-bond donors (Lipinski definition) is 1. The number of rotatable bonds is 2. The number of carbonyl (C=O) groups is 1. The maximum absolute atomic E-state index is 10.6. The van der Waals surface area contributed by atoms with Gasteiger partial charge >= 0.3 is 5.97 Å². The van der Waals surface area contributed by atoms with Gasteiger partial charge in [0.2, 0.25) is 0 Å². The zero-order valence-corrected chi connectivity index (χ0v) is 8.06. The molecule has 0 aromatic carbocycles. The van der Waals surface area contributed by atoms with Crippen molar-refractivity contribution in [3.63, 3.8) is 0 Å². The van der Waals surface area contributed by atoms with Crippen LogP contribution in [-0.2, 0) is 0 Å². The Balaban J connectivity index is 3.38. The number of aromatic carboxylic acids is 1. The number of aromatic nitrogens is 1. The van der Waals surface area contributed by atoms with Gasteiger partial charge in [0.15, 0.2) is 11.4 Å². The van der Waals surface area contributed by atoms with Gasteiger partial charge in [-0.3, -0.25) is 0 Å². The van der Waals surface area contributed by atoms with E-state index in [4.69, 9.17) is 33.0 Å². The van der Waals surface area contributed by atoms with E-state index in [1.807, 2.05) is 0 Å². The standard InChI is InChI=1S/C7H5Cl2NO3/c1-13-6-3(8)2-4(9)10-5(6)7(11)12/h2H,1H3,(H,11,12). The smallest absolute Gasteiger partial charge is 0.358 e. The minimum atomic E-state index is -1.23. The Hall–Kier alpha value is -1.00. The molecule has 1 aromatic rings. The summed E-state index contributed by atoms with van der Waals surface area (Å²) in [6, 6.07) is 1.31. The van der Waals surface area contributed by atoms with E-state index < -0.39 is 5.97 Å². The summed E-state index contributed by atoms with van der Waals surface area (Å²) in [7, 11) is 1.31. The van der Waals surface area contributed by atoms with Gasteiger partial charge in [-0.2, -0.15) is 0 Å². The fraction of sp³-hybridized carbons (Fsp3) is 0.143. The molecule has 0 saturated heterocycles. The van der Waals surface area contributed by atoms with Crippen molar-refractivity contribution in [2.45, 2.75) is 0 Å². The fourth-order valence-corrected chi connectivity index (χ4v) is 1.33. The summed E-state index contributed by atoms with van der Waals surface area (Å²) in [5, 5.41) is 8.83. The summed E-state index contributed by atoms with van der Waals surface area (Å²) in [6.07, 6.45) is 0. The van der Waals surface area contributed by atoms with Crippen LogP contribution in [0.2, 0.25) is 10.2 Å². The van der Waals surface area contributed by atoms with E-state index >= 15 is 0 Å². The van der Waals surface area contributed by atoms with Crippen molar-refractivity contribution in [1.82, 2.24) is 4.98 Å². The maximum atomic E-state index is 10.6. The summed E-state index contributed by atoms with van der Waals surface area (Å²) in [5.41, 5.74) is -0.292. The van der Waals surface area contributed by atoms with Crippen molar-refractivity contribution < 1.29 is 14.6 Å². The van der Waals surface area contributed by atoms with Gasteiger partial charge in [0.25, 0.3) is 0 Å². The molecule has 0 aliphatic heterocycles. The second-order valence-corrected chi connectivity index (χ2v) is 2.91. The molecule has 0 radical (unpaired) electrons. The Labute approximate surface area is 84.1 Å². The quantitative estimate of drug-likeness (QED) is 0.778. The molecular weight excluding hydrogens is 217 g/mol. The van der Waals surface area contributed by atoms with Gasteiger partial charge in [0.05, 0.1) is 12.1 Å². The Morgan fingerprint density at radius 1 is 1.62 bits per heavy atom. The monoisotopic (exact) mass is 221 g/mol. The van der Waals surface area contributed by atoms with Crippen molar-refractivity contribution >= 4 is 29.2 Å². The first-order chi connectivity index (χ1) is 6.06. The second-order valence-electron chi connectivity index (χ2n) is 2.11. The van der Waals surface area contributed by atoms with Gasteiger partial charge in [0.1, 0.15) is 5.15 Å². The van der Waals surface area contributed by atoms with Crippen LogP contribution in [0.15, 0.2) is 6.07 Å². The summed E-state index contributed by atoms with van der Waals surface area (Å²) in [5.74, 6) is -1.22. The predicted molar refractivity (Wildman–Crippen MR) is 47.8 cm³/mol. The van der Waals surface area contributed by atoms with Gasteiger partial charge in [-0.05, 0) is 6.07 Å². The molecule has 70 valence electrons. The third kappa shape index (κ3) is 2.02. The van der Waals surface area contributed by atoms with E-state index in [0.717, 1.165) is 0 Å². The Kier molecular flexibility index (Phi) is 2.95. The predicted octanol–water partition coefficient (Wildman–Crippen LogP) is 2.10. The zero-order valence-electron chi connectivity index (χ0n) is 6.54. The van der Waals surface area contributed by atoms with Crippen molar-refractivity contribution in [3.8, 4) is 5.75 Å². The van der Waals surface area contributed by atoms with Crippen molar-refractivity contribution in [2.24, 2.45) is 0 Å². The molecule has 1 N–H and O–H groups in total. The largest absolute Gasteiger partial charge is 0.493 e. The van der Waals surface area contributed by atoms with Crippen molar-refractivity contribution in [2.75, 3.05) is 7.11 Å². The number of carboxylic acid groups (broad SMARTS) is 1. The van der Waals surface area contributed by atoms with Crippen LogP contribution in [0.4, 0.5) is 0 Å². The number of nitrogens with zero attached hydrogens (tertiary/aromatic N) is 1. The third-order valence-corrected chi connectivity index (χ3v) is 1.78. The van der Waals surface area contributed by atoms with E-state index in [0.29, 0.717) is 0 Å². The molecule has 13 heavy (non-hydrogen) atoms. The number of ether oxygens (including phenoxy) is 1. The topological polar surface area (TPSA) is 59.4 Å². The molecule has 1 aromatic heterocycles. The van der Waals surface area contributed by atoms with E-state index in [9.17, 15) is 4.79 Å². The van der Waals surface area contributed by atoms with Gasteiger partial charge in [-0.25, -0.2) is 9.78 Å². The highest BCUT2D eigenvalue weighted by Crippen LogP contribution is 2.29. The number of hydrogen-bond acceptors (Lipinski definition) is 3. The highest BCUT2D eigenvalue weighted by Gasteiger charge is 2.17. The summed E-state index contributed by atoms with van der Waals surface area (Å²) in [4.78, 5) is 14.2. The minimum Gasteiger partial charge on any atom is -0.493 e. The molecule has 0 atom stereocenters. The first kappa shape index (κ1) is 10.1. The molecule has 0 aliphatic carbocycles. The molecule has 6 heteroatoms. The number of halogens is 2. The maximum Gasteiger partial charge on any atom is 0.358 e. The van der Waals surface area contributed by atoms with Crippen LogP contribution < -0.4 is 4.74 Å². The Morgan fingerprint density at radius 2 is 2.23 bits per heavy atom. The third-order valence-electron chi connectivity index (χ3n) is 1.30. The number of methoxy groups -OCH3 is 1. The molecular formula is C7H5Cl2NO3. The first-order valence-corrected chi connectivity index (χ1v) is 3.95. The SMILES string of the molecule is COc1c(Cl)cc(Cl)nc1C(=O)O. The highest BCUT2D eigenvalue weighted by molar-refractivity contribution is 6.35. The molecule has 0 spiro atoms. The zero-order chi connectivity index (χ0) is 10.0. The molecule has 0 unspecified atom stereocenters. The molecule has 1 heterocycles. The first-order valence-electron chi connectivity index (χ1n) is 3.19. The normalized spacial score (nSPS) is 9.77. The van der Waals surface area contributed by atoms with E-state index in [1.165, 1.54) is 13.2 Å². The Bertz CT molecular complexity index is 354. The number of pyridine rings is 1. The highest BCUT2D eigenvalue weighted by atomic mass is 35.5. The number of carboxylic acids is 1. The lowest BCUT2D eigenvalue weighted by Crippen LogP contribution is -2.04. The van der Waals surface area contributed by atoms with Crippen LogP contribution in [0, 0.1) is 0 Å². The van der Waals surface area contributed by atoms with Crippen LogP contribution >= 0.6 is 23.2 Å². The summed E-state index contributed by atoms with van der Waals surface area (Å²) in [6.45, 7) is 0. The van der Waals surface area contributed by atoms with Gasteiger partial charge in [0, 0.05) is 0 Å². The summed E-state index contributed by atoms with van der Waals surface area (Å²) < 4.78 is 4.76. The summed E-state index contributed by atoms with van der Waals surface area (Å²) >= 11 is 11.2. The lowest BCUT2D eigenvalue weighted by Gasteiger charge is -2.05. The molecule has 0 aliphatic rings. The average molecular weight is 222 g/mol. The van der Waals surface area contributed by atoms with Gasteiger partial charge < -0.3 is 9.84 Å². The van der Waals surface area contributed by atoms with Crippen LogP contribution in [0.3, 0.4) is 0 Å². The molecule has 0 amide bonds. The van der Waals surface area contributed by atoms with Gasteiger partial charge in [-0.15, -0.1) is 0 Å². The van der Waals surface area contributed by atoms with Crippen LogP contribution in [0.25, 0.3) is 0 Å². The average Bonchev–Trinajstić information content (AvgIpc) is 2.02. The minimum absolute atomic E-state index is 0.0126. The molecule has 0 saturated carbocycles. The lowest BCUT2D eigenvalue weighted by atomic mass is 10.3. The lowest BCUT2D eigenvalue weighted by molar-refractivity contribution is 0.0686. The van der Waals surface area contributed by atoms with E-state index in [2.05, 4.69) is 4.98 Å². The van der Waals surface area contributed by atoms with Crippen molar-refractivity contribution in [3.05, 3.63) is 21.9 Å². The fourth-order valence-electron chi connectivity index (χ4n) is 0.812. The Morgan fingerprint density at radius 3 is 2.69 bits per heavy atom. The van der Waals surface area contributed by atoms with Crippen LogP contribution in [0.5, 0.6) is 5.75 Å². The molecule has 1 rings (SSSR count). The van der Waals surface area contributed by atoms with E-state index in [-0.39, 0.29) is 21.6 Å². The van der Waals surface area contributed by atoms with Crippen LogP contribution in [0.1, 0.15) is 10.5 Å².